The zero-order chi connectivity index (χ0) is 17.2. The fourth-order valence-electron chi connectivity index (χ4n) is 8.18. The van der Waals surface area contributed by atoms with Crippen LogP contribution in [-0.4, -0.2) is 44.0 Å². The zero-order valence-electron chi connectivity index (χ0n) is 16.5. The highest BCUT2D eigenvalue weighted by atomic mass is 16.7. The maximum Gasteiger partial charge on any atom is 0.174 e. The van der Waals surface area contributed by atoms with E-state index in [9.17, 15) is 0 Å². The average molecular weight is 348 g/mol. The van der Waals surface area contributed by atoms with Crippen LogP contribution in [0.2, 0.25) is 0 Å². The fourth-order valence-corrected chi connectivity index (χ4v) is 8.18. The van der Waals surface area contributed by atoms with Gasteiger partial charge >= 0.3 is 0 Å². The van der Waals surface area contributed by atoms with Crippen LogP contribution in [0.1, 0.15) is 64.7 Å². The van der Waals surface area contributed by atoms with Crippen molar-refractivity contribution in [2.24, 2.45) is 35.0 Å². The lowest BCUT2D eigenvalue weighted by Gasteiger charge is -2.57. The normalized spacial score (nSPS) is 51.4. The summed E-state index contributed by atoms with van der Waals surface area (Å²) < 4.78 is 12.5. The molecule has 5 rings (SSSR count). The van der Waals surface area contributed by atoms with Crippen LogP contribution < -0.4 is 0 Å². The molecular weight excluding hydrogens is 310 g/mol. The number of ether oxygens (including phenoxy) is 2. The summed E-state index contributed by atoms with van der Waals surface area (Å²) in [7, 11) is 4.56. The molecule has 0 N–H and O–H groups in total. The molecule has 0 aromatic heterocycles. The third-order valence-electron chi connectivity index (χ3n) is 9.46. The lowest BCUT2D eigenvalue weighted by molar-refractivity contribution is -0.243. The molecule has 0 amide bonds. The van der Waals surface area contributed by atoms with Gasteiger partial charge in [0.25, 0.3) is 0 Å². The average Bonchev–Trinajstić information content (AvgIpc) is 3.21. The highest BCUT2D eigenvalue weighted by Crippen LogP contribution is 2.67. The molecule has 25 heavy (non-hydrogen) atoms. The molecule has 1 aliphatic heterocycles. The maximum absolute atomic E-state index is 6.27. The minimum atomic E-state index is -0.220. The Hall–Kier alpha value is -0.120. The van der Waals surface area contributed by atoms with E-state index in [0.717, 1.165) is 55.3 Å². The maximum atomic E-state index is 6.27. The molecule has 3 heteroatoms. The third-order valence-corrected chi connectivity index (χ3v) is 9.46. The summed E-state index contributed by atoms with van der Waals surface area (Å²) in [6.07, 6.45) is 12.6. The molecule has 1 saturated heterocycles. The van der Waals surface area contributed by atoms with Gasteiger partial charge in [-0.1, -0.05) is 6.92 Å². The third kappa shape index (κ3) is 2.34. The van der Waals surface area contributed by atoms with Gasteiger partial charge in [0, 0.05) is 17.9 Å². The Balaban J connectivity index is 1.36. The van der Waals surface area contributed by atoms with Crippen molar-refractivity contribution >= 4 is 0 Å². The molecule has 0 radical (unpaired) electrons. The summed E-state index contributed by atoms with van der Waals surface area (Å²) in [5.74, 6) is 4.58. The van der Waals surface area contributed by atoms with Gasteiger partial charge in [0.15, 0.2) is 5.79 Å². The van der Waals surface area contributed by atoms with E-state index in [0.29, 0.717) is 0 Å². The Morgan fingerprint density at radius 3 is 2.32 bits per heavy atom. The fraction of sp³-hybridized carbons (Fsp3) is 1.00. The minimum absolute atomic E-state index is 0.220. The quantitative estimate of drug-likeness (QED) is 0.705. The molecule has 0 aromatic carbocycles. The van der Waals surface area contributed by atoms with E-state index < -0.39 is 0 Å². The number of rotatable bonds is 1. The van der Waals surface area contributed by atoms with Gasteiger partial charge in [-0.05, 0) is 95.1 Å². The largest absolute Gasteiger partial charge is 0.347 e. The molecule has 0 aromatic rings. The van der Waals surface area contributed by atoms with Crippen molar-refractivity contribution in [3.8, 4) is 0 Å². The molecule has 7 atom stereocenters. The second-order valence-corrected chi connectivity index (χ2v) is 10.3. The molecule has 0 bridgehead atoms. The predicted molar refractivity (Wildman–Crippen MR) is 99.2 cm³/mol. The first-order chi connectivity index (χ1) is 12.0. The lowest BCUT2D eigenvalue weighted by atomic mass is 9.50. The first-order valence-electron chi connectivity index (χ1n) is 11.0. The van der Waals surface area contributed by atoms with Gasteiger partial charge in [0.2, 0.25) is 0 Å². The van der Waals surface area contributed by atoms with E-state index in [1.165, 1.54) is 51.4 Å². The van der Waals surface area contributed by atoms with Crippen molar-refractivity contribution in [3.63, 3.8) is 0 Å². The van der Waals surface area contributed by atoms with Crippen molar-refractivity contribution in [3.05, 3.63) is 0 Å². The van der Waals surface area contributed by atoms with Crippen LogP contribution in [0.25, 0.3) is 0 Å². The summed E-state index contributed by atoms with van der Waals surface area (Å²) in [6.45, 7) is 4.14. The van der Waals surface area contributed by atoms with E-state index in [4.69, 9.17) is 9.47 Å². The van der Waals surface area contributed by atoms with Gasteiger partial charge in [-0.15, -0.1) is 0 Å². The van der Waals surface area contributed by atoms with Crippen molar-refractivity contribution < 1.29 is 9.47 Å². The van der Waals surface area contributed by atoms with Crippen molar-refractivity contribution in [1.29, 1.82) is 0 Å². The molecule has 5 aliphatic rings. The molecule has 142 valence electrons. The molecule has 3 nitrogen and oxygen atoms in total. The van der Waals surface area contributed by atoms with Crippen molar-refractivity contribution in [2.45, 2.75) is 76.5 Å². The van der Waals surface area contributed by atoms with E-state index in [1.807, 2.05) is 0 Å². The van der Waals surface area contributed by atoms with Gasteiger partial charge in [0.1, 0.15) is 0 Å². The topological polar surface area (TPSA) is 21.7 Å². The Bertz CT molecular complexity index is 514. The number of fused-ring (bicyclic) bond motifs is 6. The Morgan fingerprint density at radius 1 is 0.800 bits per heavy atom. The summed E-state index contributed by atoms with van der Waals surface area (Å²) in [6, 6.07) is 0.835. The van der Waals surface area contributed by atoms with Gasteiger partial charge in [-0.25, -0.2) is 0 Å². The molecule has 4 aliphatic carbocycles. The van der Waals surface area contributed by atoms with Crippen molar-refractivity contribution in [1.82, 2.24) is 4.90 Å². The van der Waals surface area contributed by atoms with Gasteiger partial charge in [-0.2, -0.15) is 0 Å². The van der Waals surface area contributed by atoms with Crippen LogP contribution in [-0.2, 0) is 9.47 Å². The van der Waals surface area contributed by atoms with E-state index >= 15 is 0 Å². The Morgan fingerprint density at radius 2 is 1.56 bits per heavy atom. The standard InChI is InChI=1S/C22H37NO2/c1-21-10-8-18-17-7-5-16(23(2)3)14-15(17)4-6-19(18)20(21)9-11-22(21)24-12-13-25-22/h15-20H,4-14H2,1-3H3/t15-,16-,17-,18+,19+,20-,21-/m0/s1. The van der Waals surface area contributed by atoms with E-state index in [2.05, 4.69) is 25.9 Å². The van der Waals surface area contributed by atoms with Crippen LogP contribution in [0.15, 0.2) is 0 Å². The van der Waals surface area contributed by atoms with Gasteiger partial charge in [-0.3, -0.25) is 0 Å². The summed E-state index contributed by atoms with van der Waals surface area (Å²) in [5, 5.41) is 0. The summed E-state index contributed by atoms with van der Waals surface area (Å²) in [5.41, 5.74) is 0.276. The predicted octanol–water partition coefficient (Wildman–Crippen LogP) is 4.31. The number of hydrogen-bond acceptors (Lipinski definition) is 3. The monoisotopic (exact) mass is 347 g/mol. The summed E-state index contributed by atoms with van der Waals surface area (Å²) in [4.78, 5) is 2.48. The number of hydrogen-bond donors (Lipinski definition) is 0. The molecule has 4 saturated carbocycles. The zero-order valence-corrected chi connectivity index (χ0v) is 16.5. The Labute approximate surface area is 153 Å². The van der Waals surface area contributed by atoms with Gasteiger partial charge in [0.05, 0.1) is 13.2 Å². The smallest absolute Gasteiger partial charge is 0.174 e. The minimum Gasteiger partial charge on any atom is -0.347 e. The SMILES string of the molecule is CN(C)[C@H]1CC[C@H]2[C@@H](CC[C@@H]3[C@@H]2CC[C@@]2(C)[C@H]3CCC23OCCO3)C1. The highest BCUT2D eigenvalue weighted by Gasteiger charge is 2.65. The van der Waals surface area contributed by atoms with E-state index in [-0.39, 0.29) is 11.2 Å². The first kappa shape index (κ1) is 17.0. The molecule has 5 fully saturated rings. The molecule has 0 unspecified atom stereocenters. The second kappa shape index (κ2) is 5.94. The molecule has 1 heterocycles. The highest BCUT2D eigenvalue weighted by molar-refractivity contribution is 5.10. The summed E-state index contributed by atoms with van der Waals surface area (Å²) >= 11 is 0. The van der Waals surface area contributed by atoms with Crippen LogP contribution in [0.4, 0.5) is 0 Å². The van der Waals surface area contributed by atoms with Gasteiger partial charge < -0.3 is 14.4 Å². The Kier molecular flexibility index (Phi) is 4.04. The van der Waals surface area contributed by atoms with Crippen LogP contribution >= 0.6 is 0 Å². The molecular formula is C22H37NO2. The molecule has 1 spiro atoms. The van der Waals surface area contributed by atoms with Crippen LogP contribution in [0.5, 0.6) is 0 Å². The number of nitrogens with zero attached hydrogens (tertiary/aromatic N) is 1. The van der Waals surface area contributed by atoms with E-state index in [1.54, 1.807) is 0 Å². The van der Waals surface area contributed by atoms with Crippen molar-refractivity contribution in [2.75, 3.05) is 27.3 Å². The second-order valence-electron chi connectivity index (χ2n) is 10.3. The van der Waals surface area contributed by atoms with Crippen LogP contribution in [0, 0.1) is 35.0 Å². The van der Waals surface area contributed by atoms with Crippen LogP contribution in [0.3, 0.4) is 0 Å². The first-order valence-corrected chi connectivity index (χ1v) is 11.0. The lowest BCUT2D eigenvalue weighted by Crippen LogP contribution is -2.54.